The van der Waals surface area contributed by atoms with Gasteiger partial charge in [-0.15, -0.1) is 0 Å². The Bertz CT molecular complexity index is 421. The number of rotatable bonds is 3. The van der Waals surface area contributed by atoms with Gasteiger partial charge in [0.15, 0.2) is 0 Å². The van der Waals surface area contributed by atoms with Crippen LogP contribution in [0.15, 0.2) is 0 Å². The molecule has 3 fully saturated rings. The Morgan fingerprint density at radius 1 is 1.19 bits per heavy atom. The zero-order valence-electron chi connectivity index (χ0n) is 13.1. The largest absolute Gasteiger partial charge is 0.378 e. The van der Waals surface area contributed by atoms with Gasteiger partial charge in [-0.05, 0) is 43.9 Å². The van der Waals surface area contributed by atoms with Crippen LogP contribution in [0.25, 0.3) is 0 Å². The highest BCUT2D eigenvalue weighted by Crippen LogP contribution is 2.42. The number of imide groups is 1. The van der Waals surface area contributed by atoms with Crippen LogP contribution in [0.2, 0.25) is 0 Å². The molecule has 0 radical (unpaired) electrons. The Kier molecular flexibility index (Phi) is 3.95. The number of hydrogen-bond acceptors (Lipinski definition) is 3. The van der Waals surface area contributed by atoms with E-state index in [0.29, 0.717) is 6.54 Å². The van der Waals surface area contributed by atoms with Gasteiger partial charge in [0.05, 0.1) is 6.10 Å². The Balaban J connectivity index is 1.71. The number of urea groups is 1. The van der Waals surface area contributed by atoms with E-state index in [1.165, 1.54) is 4.90 Å². The van der Waals surface area contributed by atoms with E-state index in [1.54, 1.807) is 0 Å². The van der Waals surface area contributed by atoms with Crippen LogP contribution in [0.4, 0.5) is 4.79 Å². The first-order chi connectivity index (χ1) is 10.1. The monoisotopic (exact) mass is 294 g/mol. The van der Waals surface area contributed by atoms with E-state index in [-0.39, 0.29) is 29.9 Å². The van der Waals surface area contributed by atoms with Crippen molar-refractivity contribution in [1.29, 1.82) is 0 Å². The van der Waals surface area contributed by atoms with E-state index in [1.807, 2.05) is 0 Å². The lowest BCUT2D eigenvalue weighted by atomic mass is 9.67. The SMILES string of the molecule is C[C@@H]1CCC[C@H](C)C12NC(=O)N(CC[C@@H]1CCCO1)C2=O. The van der Waals surface area contributed by atoms with Crippen molar-refractivity contribution in [3.05, 3.63) is 0 Å². The lowest BCUT2D eigenvalue weighted by Gasteiger charge is -2.42. The van der Waals surface area contributed by atoms with Crippen LogP contribution in [0.1, 0.15) is 52.4 Å². The third-order valence-electron chi connectivity index (χ3n) is 5.69. The van der Waals surface area contributed by atoms with Crippen LogP contribution < -0.4 is 5.32 Å². The molecule has 21 heavy (non-hydrogen) atoms. The van der Waals surface area contributed by atoms with E-state index in [2.05, 4.69) is 19.2 Å². The van der Waals surface area contributed by atoms with Crippen molar-refractivity contribution in [1.82, 2.24) is 10.2 Å². The zero-order chi connectivity index (χ0) is 15.0. The molecule has 0 aromatic heterocycles. The minimum Gasteiger partial charge on any atom is -0.378 e. The van der Waals surface area contributed by atoms with Crippen LogP contribution in [0.3, 0.4) is 0 Å². The second kappa shape index (κ2) is 5.59. The van der Waals surface area contributed by atoms with Crippen molar-refractivity contribution in [3.8, 4) is 0 Å². The van der Waals surface area contributed by atoms with Crippen LogP contribution >= 0.6 is 0 Å². The minimum absolute atomic E-state index is 0.00908. The molecule has 1 N–H and O–H groups in total. The van der Waals surface area contributed by atoms with Crippen molar-refractivity contribution >= 4 is 11.9 Å². The average Bonchev–Trinajstić information content (AvgIpc) is 3.03. The lowest BCUT2D eigenvalue weighted by molar-refractivity contribution is -0.136. The summed E-state index contributed by atoms with van der Waals surface area (Å²) in [6.45, 7) is 5.48. The number of carbonyl (C=O) groups is 2. The van der Waals surface area contributed by atoms with E-state index < -0.39 is 5.54 Å². The van der Waals surface area contributed by atoms with Crippen LogP contribution in [-0.2, 0) is 9.53 Å². The summed E-state index contributed by atoms with van der Waals surface area (Å²) in [5.41, 5.74) is -0.661. The topological polar surface area (TPSA) is 58.6 Å². The normalized spacial score (nSPS) is 40.1. The molecule has 1 aliphatic carbocycles. The molecule has 1 unspecified atom stereocenters. The maximum absolute atomic E-state index is 12.9. The Morgan fingerprint density at radius 3 is 2.52 bits per heavy atom. The standard InChI is InChI=1S/C16H26N2O3/c1-11-5-3-6-12(2)16(11)14(19)18(15(20)17-16)9-8-13-7-4-10-21-13/h11-13H,3-10H2,1-2H3,(H,17,20)/t11-,12+,13-,16?/m0/s1. The summed E-state index contributed by atoms with van der Waals surface area (Å²) >= 11 is 0. The van der Waals surface area contributed by atoms with Crippen molar-refractivity contribution in [3.63, 3.8) is 0 Å². The van der Waals surface area contributed by atoms with Crippen LogP contribution in [0, 0.1) is 11.8 Å². The number of nitrogens with zero attached hydrogens (tertiary/aromatic N) is 1. The van der Waals surface area contributed by atoms with Gasteiger partial charge in [-0.25, -0.2) is 4.79 Å². The smallest absolute Gasteiger partial charge is 0.325 e. The summed E-state index contributed by atoms with van der Waals surface area (Å²) in [7, 11) is 0. The molecular formula is C16H26N2O3. The summed E-state index contributed by atoms with van der Waals surface area (Å²) in [5, 5.41) is 3.04. The number of hydrogen-bond donors (Lipinski definition) is 1. The summed E-state index contributed by atoms with van der Waals surface area (Å²) in [6.07, 6.45) is 6.26. The molecule has 2 saturated heterocycles. The molecule has 0 aromatic carbocycles. The molecule has 1 spiro atoms. The van der Waals surface area contributed by atoms with E-state index in [9.17, 15) is 9.59 Å². The van der Waals surface area contributed by atoms with E-state index >= 15 is 0 Å². The average molecular weight is 294 g/mol. The van der Waals surface area contributed by atoms with Crippen molar-refractivity contribution in [2.75, 3.05) is 13.2 Å². The molecule has 0 aromatic rings. The van der Waals surface area contributed by atoms with Gasteiger partial charge in [0.25, 0.3) is 5.91 Å². The Morgan fingerprint density at radius 2 is 1.90 bits per heavy atom. The fourth-order valence-electron chi connectivity index (χ4n) is 4.30. The van der Waals surface area contributed by atoms with Crippen molar-refractivity contribution < 1.29 is 14.3 Å². The highest BCUT2D eigenvalue weighted by molar-refractivity contribution is 6.07. The van der Waals surface area contributed by atoms with Crippen molar-refractivity contribution in [2.45, 2.75) is 64.0 Å². The van der Waals surface area contributed by atoms with Gasteiger partial charge in [0.1, 0.15) is 5.54 Å². The lowest BCUT2D eigenvalue weighted by Crippen LogP contribution is -2.58. The van der Waals surface area contributed by atoms with Crippen LogP contribution in [0.5, 0.6) is 0 Å². The third-order valence-corrected chi connectivity index (χ3v) is 5.69. The summed E-state index contributed by atoms with van der Waals surface area (Å²) in [4.78, 5) is 26.7. The Labute approximate surface area is 126 Å². The first-order valence-electron chi connectivity index (χ1n) is 8.31. The molecule has 3 amide bonds. The summed E-state index contributed by atoms with van der Waals surface area (Å²) < 4.78 is 5.59. The fraction of sp³-hybridized carbons (Fsp3) is 0.875. The number of ether oxygens (including phenoxy) is 1. The second-order valence-electron chi connectivity index (χ2n) is 6.91. The fourth-order valence-corrected chi connectivity index (χ4v) is 4.30. The molecule has 1 saturated carbocycles. The molecule has 3 aliphatic rings. The van der Waals surface area contributed by atoms with Crippen LogP contribution in [-0.4, -0.2) is 41.6 Å². The number of amides is 3. The van der Waals surface area contributed by atoms with Gasteiger partial charge in [-0.2, -0.15) is 0 Å². The maximum Gasteiger partial charge on any atom is 0.325 e. The molecule has 2 aliphatic heterocycles. The minimum atomic E-state index is -0.661. The molecular weight excluding hydrogens is 268 g/mol. The molecule has 5 heteroatoms. The third kappa shape index (κ3) is 2.35. The predicted molar refractivity (Wildman–Crippen MR) is 78.7 cm³/mol. The van der Waals surface area contributed by atoms with Gasteiger partial charge < -0.3 is 10.1 Å². The molecule has 0 bridgehead atoms. The molecule has 3 rings (SSSR count). The zero-order valence-corrected chi connectivity index (χ0v) is 13.1. The number of nitrogens with one attached hydrogen (secondary N) is 1. The Hall–Kier alpha value is -1.10. The highest BCUT2D eigenvalue weighted by Gasteiger charge is 2.58. The molecule has 4 atom stereocenters. The van der Waals surface area contributed by atoms with E-state index in [4.69, 9.17) is 4.74 Å². The number of carbonyl (C=O) groups excluding carboxylic acids is 2. The predicted octanol–water partition coefficient (Wildman–Crippen LogP) is 2.30. The highest BCUT2D eigenvalue weighted by atomic mass is 16.5. The van der Waals surface area contributed by atoms with Gasteiger partial charge in [0, 0.05) is 13.2 Å². The first kappa shape index (κ1) is 14.8. The van der Waals surface area contributed by atoms with Crippen molar-refractivity contribution in [2.24, 2.45) is 11.8 Å². The maximum atomic E-state index is 12.9. The molecule has 2 heterocycles. The molecule has 118 valence electrons. The summed E-state index contributed by atoms with van der Waals surface area (Å²) in [6, 6.07) is -0.210. The van der Waals surface area contributed by atoms with Gasteiger partial charge >= 0.3 is 6.03 Å². The van der Waals surface area contributed by atoms with E-state index in [0.717, 1.165) is 45.1 Å². The van der Waals surface area contributed by atoms with Gasteiger partial charge in [-0.1, -0.05) is 20.3 Å². The first-order valence-corrected chi connectivity index (χ1v) is 8.31. The van der Waals surface area contributed by atoms with Gasteiger partial charge in [-0.3, -0.25) is 9.69 Å². The van der Waals surface area contributed by atoms with Gasteiger partial charge in [0.2, 0.25) is 0 Å². The summed E-state index contributed by atoms with van der Waals surface area (Å²) in [5.74, 6) is 0.418. The second-order valence-corrected chi connectivity index (χ2v) is 6.91. The quantitative estimate of drug-likeness (QED) is 0.813. The molecule has 5 nitrogen and oxygen atoms in total.